The highest BCUT2D eigenvalue weighted by Gasteiger charge is 2.30. The van der Waals surface area contributed by atoms with Crippen molar-refractivity contribution >= 4 is 31.9 Å². The standard InChI is InChI=1S/C13H18BrNO4S/c1-4-8(2)12(13(16)17)15-20(18,19)11-7-10(14)6-5-9(11)3/h5-8,12,15H,4H2,1-3H3,(H,16,17)/t8?,12-/m0/s1. The number of aryl methyl sites for hydroxylation is 1. The van der Waals surface area contributed by atoms with Crippen molar-refractivity contribution in [2.45, 2.75) is 38.1 Å². The van der Waals surface area contributed by atoms with E-state index < -0.39 is 22.0 Å². The van der Waals surface area contributed by atoms with Gasteiger partial charge in [0.1, 0.15) is 6.04 Å². The molecule has 112 valence electrons. The summed E-state index contributed by atoms with van der Waals surface area (Å²) in [6, 6.07) is 3.73. The number of benzene rings is 1. The maximum atomic E-state index is 12.3. The summed E-state index contributed by atoms with van der Waals surface area (Å²) in [4.78, 5) is 11.3. The second kappa shape index (κ2) is 6.69. The molecule has 0 saturated heterocycles. The molecule has 5 nitrogen and oxygen atoms in total. The van der Waals surface area contributed by atoms with E-state index in [0.717, 1.165) is 0 Å². The monoisotopic (exact) mass is 363 g/mol. The minimum atomic E-state index is -3.87. The zero-order valence-corrected chi connectivity index (χ0v) is 14.0. The van der Waals surface area contributed by atoms with E-state index in [9.17, 15) is 18.3 Å². The lowest BCUT2D eigenvalue weighted by atomic mass is 10.0. The Labute approximate surface area is 127 Å². The minimum absolute atomic E-state index is 0.0847. The topological polar surface area (TPSA) is 83.5 Å². The van der Waals surface area contributed by atoms with Crippen LogP contribution in [0.15, 0.2) is 27.6 Å². The molecule has 1 aromatic carbocycles. The lowest BCUT2D eigenvalue weighted by Crippen LogP contribution is -2.45. The Balaban J connectivity index is 3.16. The molecule has 0 amide bonds. The molecule has 0 aromatic heterocycles. The molecule has 0 heterocycles. The number of nitrogens with one attached hydrogen (secondary N) is 1. The van der Waals surface area contributed by atoms with E-state index in [-0.39, 0.29) is 10.8 Å². The molecule has 2 N–H and O–H groups in total. The fourth-order valence-electron chi connectivity index (χ4n) is 1.74. The van der Waals surface area contributed by atoms with Gasteiger partial charge in [-0.3, -0.25) is 4.79 Å². The molecule has 2 atom stereocenters. The van der Waals surface area contributed by atoms with E-state index in [1.165, 1.54) is 6.07 Å². The Hall–Kier alpha value is -0.920. The van der Waals surface area contributed by atoms with Crippen LogP contribution in [0.4, 0.5) is 0 Å². The van der Waals surface area contributed by atoms with Gasteiger partial charge in [0.2, 0.25) is 10.0 Å². The Kier molecular flexibility index (Phi) is 5.73. The van der Waals surface area contributed by atoms with Gasteiger partial charge in [-0.1, -0.05) is 42.3 Å². The number of aliphatic carboxylic acids is 1. The Morgan fingerprint density at radius 1 is 1.45 bits per heavy atom. The van der Waals surface area contributed by atoms with Crippen LogP contribution in [0, 0.1) is 12.8 Å². The van der Waals surface area contributed by atoms with Crippen molar-refractivity contribution in [1.82, 2.24) is 4.72 Å². The summed E-state index contributed by atoms with van der Waals surface area (Å²) in [6.07, 6.45) is 0.566. The zero-order valence-electron chi connectivity index (χ0n) is 11.6. The minimum Gasteiger partial charge on any atom is -0.480 e. The van der Waals surface area contributed by atoms with Gasteiger partial charge in [0.15, 0.2) is 0 Å². The number of hydrogen-bond acceptors (Lipinski definition) is 3. The summed E-state index contributed by atoms with van der Waals surface area (Å²) in [7, 11) is -3.87. The molecule has 0 bridgehead atoms. The summed E-state index contributed by atoms with van der Waals surface area (Å²) in [5.74, 6) is -1.47. The maximum absolute atomic E-state index is 12.3. The van der Waals surface area contributed by atoms with E-state index in [1.807, 2.05) is 6.92 Å². The lowest BCUT2D eigenvalue weighted by Gasteiger charge is -2.20. The van der Waals surface area contributed by atoms with E-state index in [0.29, 0.717) is 16.5 Å². The van der Waals surface area contributed by atoms with E-state index in [4.69, 9.17) is 0 Å². The molecule has 0 saturated carbocycles. The number of carbonyl (C=O) groups is 1. The highest BCUT2D eigenvalue weighted by Crippen LogP contribution is 2.21. The number of carboxylic acids is 1. The molecule has 0 aliphatic rings. The molecule has 0 aliphatic heterocycles. The first-order valence-electron chi connectivity index (χ1n) is 6.20. The van der Waals surface area contributed by atoms with E-state index in [1.54, 1.807) is 26.0 Å². The van der Waals surface area contributed by atoms with Crippen molar-refractivity contribution in [2.75, 3.05) is 0 Å². The molecule has 1 unspecified atom stereocenters. The SMILES string of the molecule is CCC(C)[C@H](NS(=O)(=O)c1cc(Br)ccc1C)C(=O)O. The third-order valence-corrected chi connectivity index (χ3v) is 5.28. The van der Waals surface area contributed by atoms with Crippen molar-refractivity contribution in [3.8, 4) is 0 Å². The molecule has 1 rings (SSSR count). The van der Waals surface area contributed by atoms with Gasteiger partial charge >= 0.3 is 5.97 Å². The first-order valence-corrected chi connectivity index (χ1v) is 8.48. The first kappa shape index (κ1) is 17.1. The molecule has 20 heavy (non-hydrogen) atoms. The molecular weight excluding hydrogens is 346 g/mol. The summed E-state index contributed by atoms with van der Waals surface area (Å²) < 4.78 is 27.6. The van der Waals surface area contributed by atoms with Crippen LogP contribution in [0.3, 0.4) is 0 Å². The number of halogens is 1. The largest absolute Gasteiger partial charge is 0.480 e. The number of rotatable bonds is 6. The average Bonchev–Trinajstić information content (AvgIpc) is 2.37. The Morgan fingerprint density at radius 3 is 2.55 bits per heavy atom. The van der Waals surface area contributed by atoms with Gasteiger partial charge in [0, 0.05) is 4.47 Å². The predicted molar refractivity (Wildman–Crippen MR) is 80.1 cm³/mol. The average molecular weight is 364 g/mol. The van der Waals surface area contributed by atoms with Crippen molar-refractivity contribution in [3.63, 3.8) is 0 Å². The molecule has 7 heteroatoms. The Bertz CT molecular complexity index is 600. The predicted octanol–water partition coefficient (Wildman–Crippen LogP) is 2.54. The zero-order chi connectivity index (χ0) is 15.5. The molecule has 0 aliphatic carbocycles. The van der Waals surface area contributed by atoms with Crippen molar-refractivity contribution in [1.29, 1.82) is 0 Å². The van der Waals surface area contributed by atoms with Crippen LogP contribution in [-0.4, -0.2) is 25.5 Å². The summed E-state index contributed by atoms with van der Waals surface area (Å²) >= 11 is 3.22. The van der Waals surface area contributed by atoms with E-state index >= 15 is 0 Å². The van der Waals surface area contributed by atoms with Gasteiger partial charge in [-0.15, -0.1) is 0 Å². The van der Waals surface area contributed by atoms with Gasteiger partial charge in [0.05, 0.1) is 4.90 Å². The summed E-state index contributed by atoms with van der Waals surface area (Å²) in [5, 5.41) is 9.17. The molecule has 0 fully saturated rings. The smallest absolute Gasteiger partial charge is 0.322 e. The second-order valence-corrected chi connectivity index (χ2v) is 7.33. The van der Waals surface area contributed by atoms with Crippen LogP contribution in [0.2, 0.25) is 0 Å². The van der Waals surface area contributed by atoms with Crippen LogP contribution < -0.4 is 4.72 Å². The third-order valence-electron chi connectivity index (χ3n) is 3.20. The number of hydrogen-bond donors (Lipinski definition) is 2. The van der Waals surface area contributed by atoms with E-state index in [2.05, 4.69) is 20.7 Å². The van der Waals surface area contributed by atoms with Gasteiger partial charge in [-0.2, -0.15) is 4.72 Å². The fourth-order valence-corrected chi connectivity index (χ4v) is 3.82. The molecule has 0 radical (unpaired) electrons. The van der Waals surface area contributed by atoms with Crippen LogP contribution >= 0.6 is 15.9 Å². The molecule has 0 spiro atoms. The van der Waals surface area contributed by atoms with Crippen LogP contribution in [-0.2, 0) is 14.8 Å². The van der Waals surface area contributed by atoms with Gasteiger partial charge in [-0.05, 0) is 30.5 Å². The highest BCUT2D eigenvalue weighted by molar-refractivity contribution is 9.10. The summed E-state index contributed by atoms with van der Waals surface area (Å²) in [6.45, 7) is 5.19. The normalized spacial score (nSPS) is 14.8. The number of sulfonamides is 1. The Morgan fingerprint density at radius 2 is 2.05 bits per heavy atom. The van der Waals surface area contributed by atoms with Crippen LogP contribution in [0.25, 0.3) is 0 Å². The lowest BCUT2D eigenvalue weighted by molar-refractivity contribution is -0.140. The first-order chi connectivity index (χ1) is 9.19. The fraction of sp³-hybridized carbons (Fsp3) is 0.462. The number of carboxylic acid groups (broad SMARTS) is 1. The molecular formula is C13H18BrNO4S. The third kappa shape index (κ3) is 4.04. The maximum Gasteiger partial charge on any atom is 0.322 e. The molecule has 1 aromatic rings. The summed E-state index contributed by atoms with van der Waals surface area (Å²) in [5.41, 5.74) is 0.564. The second-order valence-electron chi connectivity index (χ2n) is 4.73. The highest BCUT2D eigenvalue weighted by atomic mass is 79.9. The van der Waals surface area contributed by atoms with Gasteiger partial charge < -0.3 is 5.11 Å². The van der Waals surface area contributed by atoms with Crippen molar-refractivity contribution < 1.29 is 18.3 Å². The van der Waals surface area contributed by atoms with Crippen molar-refractivity contribution in [3.05, 3.63) is 28.2 Å². The van der Waals surface area contributed by atoms with Crippen molar-refractivity contribution in [2.24, 2.45) is 5.92 Å². The quantitative estimate of drug-likeness (QED) is 0.813. The van der Waals surface area contributed by atoms with Crippen LogP contribution in [0.5, 0.6) is 0 Å². The van der Waals surface area contributed by atoms with Crippen LogP contribution in [0.1, 0.15) is 25.8 Å². The van der Waals surface area contributed by atoms with Gasteiger partial charge in [0.25, 0.3) is 0 Å². The van der Waals surface area contributed by atoms with Gasteiger partial charge in [-0.25, -0.2) is 8.42 Å².